The lowest BCUT2D eigenvalue weighted by Crippen LogP contribution is -2.45. The van der Waals surface area contributed by atoms with E-state index >= 15 is 0 Å². The van der Waals surface area contributed by atoms with Gasteiger partial charge in [0.2, 0.25) is 5.91 Å². The summed E-state index contributed by atoms with van der Waals surface area (Å²) in [5.74, 6) is -0.482. The van der Waals surface area contributed by atoms with Gasteiger partial charge in [0.05, 0.1) is 11.5 Å². The van der Waals surface area contributed by atoms with Gasteiger partial charge in [0.25, 0.3) is 11.6 Å². The predicted molar refractivity (Wildman–Crippen MR) is 111 cm³/mol. The first-order chi connectivity index (χ1) is 14.4. The molecule has 1 saturated heterocycles. The first-order valence-corrected chi connectivity index (χ1v) is 9.81. The Hall–Kier alpha value is -3.26. The van der Waals surface area contributed by atoms with Gasteiger partial charge >= 0.3 is 0 Å². The van der Waals surface area contributed by atoms with Gasteiger partial charge in [-0.3, -0.25) is 19.7 Å². The number of nitro benzene ring substituents is 1. The SMILES string of the molecule is COCc1cccc(CNC(=O)C2CCCN2C(=O)c2ccc([N+](=O)[O-])c(C)c2)c1. The van der Waals surface area contributed by atoms with Crippen molar-refractivity contribution in [2.45, 2.75) is 39.0 Å². The molecule has 3 rings (SSSR count). The first kappa shape index (κ1) is 21.4. The van der Waals surface area contributed by atoms with E-state index in [0.717, 1.165) is 17.5 Å². The van der Waals surface area contributed by atoms with Gasteiger partial charge in [0.1, 0.15) is 6.04 Å². The molecule has 8 nitrogen and oxygen atoms in total. The van der Waals surface area contributed by atoms with E-state index in [1.54, 1.807) is 18.9 Å². The zero-order chi connectivity index (χ0) is 21.7. The van der Waals surface area contributed by atoms with Crippen molar-refractivity contribution in [1.82, 2.24) is 10.2 Å². The van der Waals surface area contributed by atoms with E-state index in [9.17, 15) is 19.7 Å². The van der Waals surface area contributed by atoms with Crippen molar-refractivity contribution in [3.8, 4) is 0 Å². The molecule has 0 bridgehead atoms. The molecule has 1 heterocycles. The number of carbonyl (C=O) groups is 2. The highest BCUT2D eigenvalue weighted by Crippen LogP contribution is 2.24. The van der Waals surface area contributed by atoms with E-state index in [0.29, 0.717) is 37.2 Å². The molecule has 0 spiro atoms. The van der Waals surface area contributed by atoms with Crippen LogP contribution in [0.3, 0.4) is 0 Å². The number of ether oxygens (including phenoxy) is 1. The summed E-state index contributed by atoms with van der Waals surface area (Å²) in [4.78, 5) is 37.8. The van der Waals surface area contributed by atoms with Crippen LogP contribution in [0, 0.1) is 17.0 Å². The number of methoxy groups -OCH3 is 1. The summed E-state index contributed by atoms with van der Waals surface area (Å²) in [6, 6.07) is 11.5. The zero-order valence-corrected chi connectivity index (χ0v) is 17.1. The molecule has 158 valence electrons. The van der Waals surface area contributed by atoms with Crippen LogP contribution in [0.4, 0.5) is 5.69 Å². The quantitative estimate of drug-likeness (QED) is 0.557. The normalized spacial score (nSPS) is 15.8. The van der Waals surface area contributed by atoms with Crippen LogP contribution in [0.15, 0.2) is 42.5 Å². The number of likely N-dealkylation sites (tertiary alicyclic amines) is 1. The van der Waals surface area contributed by atoms with Crippen molar-refractivity contribution in [2.75, 3.05) is 13.7 Å². The van der Waals surface area contributed by atoms with E-state index in [-0.39, 0.29) is 17.5 Å². The van der Waals surface area contributed by atoms with Gasteiger partial charge in [-0.2, -0.15) is 0 Å². The van der Waals surface area contributed by atoms with Crippen LogP contribution in [0.25, 0.3) is 0 Å². The van der Waals surface area contributed by atoms with Gasteiger partial charge in [0.15, 0.2) is 0 Å². The van der Waals surface area contributed by atoms with Crippen molar-refractivity contribution in [3.05, 3.63) is 74.8 Å². The minimum absolute atomic E-state index is 0.0297. The highest BCUT2D eigenvalue weighted by Gasteiger charge is 2.34. The Morgan fingerprint density at radius 3 is 2.70 bits per heavy atom. The number of nitro groups is 1. The van der Waals surface area contributed by atoms with Crippen LogP contribution in [0.1, 0.15) is 39.9 Å². The highest BCUT2D eigenvalue weighted by atomic mass is 16.6. The monoisotopic (exact) mass is 411 g/mol. The van der Waals surface area contributed by atoms with Crippen molar-refractivity contribution in [3.63, 3.8) is 0 Å². The number of hydrogen-bond acceptors (Lipinski definition) is 5. The smallest absolute Gasteiger partial charge is 0.272 e. The molecule has 1 fully saturated rings. The molecule has 30 heavy (non-hydrogen) atoms. The van der Waals surface area contributed by atoms with Crippen molar-refractivity contribution < 1.29 is 19.2 Å². The van der Waals surface area contributed by atoms with Crippen molar-refractivity contribution in [2.24, 2.45) is 0 Å². The molecule has 0 aliphatic carbocycles. The second-order valence-electron chi connectivity index (χ2n) is 7.39. The fourth-order valence-corrected chi connectivity index (χ4v) is 3.74. The van der Waals surface area contributed by atoms with E-state index < -0.39 is 11.0 Å². The molecule has 1 aliphatic heterocycles. The number of nitrogens with zero attached hydrogens (tertiary/aromatic N) is 2. The maximum atomic E-state index is 12.9. The Morgan fingerprint density at radius 2 is 2.00 bits per heavy atom. The minimum atomic E-state index is -0.546. The lowest BCUT2D eigenvalue weighted by atomic mass is 10.1. The minimum Gasteiger partial charge on any atom is -0.380 e. The molecule has 8 heteroatoms. The topological polar surface area (TPSA) is 102 Å². The molecule has 0 saturated carbocycles. The van der Waals surface area contributed by atoms with E-state index in [1.165, 1.54) is 18.2 Å². The average molecular weight is 411 g/mol. The van der Waals surface area contributed by atoms with Gasteiger partial charge in [-0.05, 0) is 43.0 Å². The van der Waals surface area contributed by atoms with Crippen LogP contribution < -0.4 is 5.32 Å². The van der Waals surface area contributed by atoms with Crippen LogP contribution in [0.2, 0.25) is 0 Å². The van der Waals surface area contributed by atoms with Gasteiger partial charge in [0, 0.05) is 37.4 Å². The Kier molecular flexibility index (Phi) is 6.79. The molecule has 1 N–H and O–H groups in total. The summed E-state index contributed by atoms with van der Waals surface area (Å²) in [6.07, 6.45) is 1.33. The Labute approximate surface area is 175 Å². The molecule has 2 aromatic rings. The van der Waals surface area contributed by atoms with Gasteiger partial charge in [-0.15, -0.1) is 0 Å². The van der Waals surface area contributed by atoms with E-state index in [2.05, 4.69) is 5.32 Å². The number of carbonyl (C=O) groups excluding carboxylic acids is 2. The number of hydrogen-bond donors (Lipinski definition) is 1. The molecular weight excluding hydrogens is 386 g/mol. The summed E-state index contributed by atoms with van der Waals surface area (Å²) >= 11 is 0. The molecule has 0 aromatic heterocycles. The zero-order valence-electron chi connectivity index (χ0n) is 17.1. The lowest BCUT2D eigenvalue weighted by molar-refractivity contribution is -0.385. The number of rotatable bonds is 7. The highest BCUT2D eigenvalue weighted by molar-refractivity contribution is 5.98. The fraction of sp³-hybridized carbons (Fsp3) is 0.364. The molecular formula is C22H25N3O5. The Bertz CT molecular complexity index is 960. The van der Waals surface area contributed by atoms with Crippen LogP contribution >= 0.6 is 0 Å². The molecule has 2 amide bonds. The Balaban J connectivity index is 1.66. The number of nitrogens with one attached hydrogen (secondary N) is 1. The largest absolute Gasteiger partial charge is 0.380 e. The van der Waals surface area contributed by atoms with Gasteiger partial charge < -0.3 is 15.0 Å². The van der Waals surface area contributed by atoms with E-state index in [4.69, 9.17) is 4.74 Å². The summed E-state index contributed by atoms with van der Waals surface area (Å²) in [7, 11) is 1.63. The summed E-state index contributed by atoms with van der Waals surface area (Å²) < 4.78 is 5.13. The maximum Gasteiger partial charge on any atom is 0.272 e. The molecule has 1 aliphatic rings. The second kappa shape index (κ2) is 9.49. The molecule has 2 aromatic carbocycles. The standard InChI is InChI=1S/C22H25N3O5/c1-15-11-18(8-9-19(15)25(28)29)22(27)24-10-4-7-20(24)21(26)23-13-16-5-3-6-17(12-16)14-30-2/h3,5-6,8-9,11-12,20H,4,7,10,13-14H2,1-2H3,(H,23,26). The predicted octanol–water partition coefficient (Wildman–Crippen LogP) is 2.97. The van der Waals surface area contributed by atoms with Crippen LogP contribution in [-0.2, 0) is 22.7 Å². The first-order valence-electron chi connectivity index (χ1n) is 9.81. The van der Waals surface area contributed by atoms with Crippen LogP contribution in [-0.4, -0.2) is 41.3 Å². The van der Waals surface area contributed by atoms with Crippen LogP contribution in [0.5, 0.6) is 0 Å². The average Bonchev–Trinajstić information content (AvgIpc) is 3.21. The van der Waals surface area contributed by atoms with Gasteiger partial charge in [-0.1, -0.05) is 24.3 Å². The summed E-state index contributed by atoms with van der Waals surface area (Å²) in [5, 5.41) is 13.9. The fourth-order valence-electron chi connectivity index (χ4n) is 3.74. The second-order valence-corrected chi connectivity index (χ2v) is 7.39. The van der Waals surface area contributed by atoms with Gasteiger partial charge in [-0.25, -0.2) is 0 Å². The van der Waals surface area contributed by atoms with Crippen molar-refractivity contribution >= 4 is 17.5 Å². The maximum absolute atomic E-state index is 12.9. The number of benzene rings is 2. The summed E-state index contributed by atoms with van der Waals surface area (Å²) in [6.45, 7) is 2.95. The molecule has 0 radical (unpaired) electrons. The van der Waals surface area contributed by atoms with E-state index in [1.807, 2.05) is 24.3 Å². The lowest BCUT2D eigenvalue weighted by Gasteiger charge is -2.24. The third-order valence-corrected chi connectivity index (χ3v) is 5.23. The Morgan fingerprint density at radius 1 is 1.23 bits per heavy atom. The third kappa shape index (κ3) is 4.83. The molecule has 1 atom stereocenters. The third-order valence-electron chi connectivity index (χ3n) is 5.23. The summed E-state index contributed by atoms with van der Waals surface area (Å²) in [5.41, 5.74) is 2.72. The van der Waals surface area contributed by atoms with Crippen molar-refractivity contribution in [1.29, 1.82) is 0 Å². The number of amides is 2. The molecule has 1 unspecified atom stereocenters. The number of aryl methyl sites for hydroxylation is 1.